The standard InChI is InChI=1S/C37H23N3.C33H21N3/c1-2-8-29-24(6-1)7-3-9-30(29)34-19-17-25-13-15-27(22-36(25)39-34)28-16-14-26-18-20-35(40-37(26)23-28)32-10-4-12-33-31(32)11-5-21-38-33;1-2-6-22(7-3-1)29-17-15-23-11-13-25(20-32(23)35-29)26-14-12-24-16-18-31(36-33(24)21-26)28-8-4-10-30-27(28)9-5-19-34-30/h1-23H;1-21H. The second-order valence-electron chi connectivity index (χ2n) is 19.1. The number of fused-ring (bicyclic) bond motifs is 7. The van der Waals surface area contributed by atoms with Gasteiger partial charge in [-0.3, -0.25) is 9.97 Å². The predicted octanol–water partition coefficient (Wildman–Crippen LogP) is 17.8. The molecule has 0 unspecified atom stereocenters. The lowest BCUT2D eigenvalue weighted by Crippen LogP contribution is -1.90. The normalized spacial score (nSPS) is 11.4. The van der Waals surface area contributed by atoms with E-state index in [0.29, 0.717) is 0 Å². The number of rotatable bonds is 6. The van der Waals surface area contributed by atoms with Crippen LogP contribution in [0.1, 0.15) is 0 Å². The van der Waals surface area contributed by atoms with Crippen molar-refractivity contribution in [1.29, 1.82) is 0 Å². The first kappa shape index (κ1) is 44.4. The fourth-order valence-corrected chi connectivity index (χ4v) is 10.5. The molecule has 6 nitrogen and oxygen atoms in total. The van der Waals surface area contributed by atoms with E-state index < -0.39 is 0 Å². The fourth-order valence-electron chi connectivity index (χ4n) is 10.5. The van der Waals surface area contributed by atoms with Crippen molar-refractivity contribution in [3.63, 3.8) is 0 Å². The van der Waals surface area contributed by atoms with E-state index in [2.05, 4.69) is 210 Å². The molecule has 0 amide bonds. The van der Waals surface area contributed by atoms with Gasteiger partial charge in [-0.1, -0.05) is 182 Å². The van der Waals surface area contributed by atoms with E-state index in [0.717, 1.165) is 133 Å². The van der Waals surface area contributed by atoms with E-state index in [1.54, 1.807) is 0 Å². The first-order valence-corrected chi connectivity index (χ1v) is 25.5. The Morgan fingerprint density at radius 1 is 0.197 bits per heavy atom. The minimum Gasteiger partial charge on any atom is -0.256 e. The van der Waals surface area contributed by atoms with E-state index in [-0.39, 0.29) is 0 Å². The molecule has 0 aliphatic heterocycles. The van der Waals surface area contributed by atoms with Crippen LogP contribution in [0.3, 0.4) is 0 Å². The zero-order valence-corrected chi connectivity index (χ0v) is 41.1. The number of nitrogens with zero attached hydrogens (tertiary/aromatic N) is 6. The number of benzene rings is 9. The van der Waals surface area contributed by atoms with Gasteiger partial charge >= 0.3 is 0 Å². The minimum atomic E-state index is 0.947. The summed E-state index contributed by atoms with van der Waals surface area (Å²) in [6.07, 6.45) is 3.66. The summed E-state index contributed by atoms with van der Waals surface area (Å²) in [6.45, 7) is 0. The van der Waals surface area contributed by atoms with Gasteiger partial charge in [-0.2, -0.15) is 0 Å². The summed E-state index contributed by atoms with van der Waals surface area (Å²) in [5, 5.41) is 9.13. The van der Waals surface area contributed by atoms with Crippen LogP contribution in [-0.2, 0) is 0 Å². The molecule has 0 saturated carbocycles. The van der Waals surface area contributed by atoms with Gasteiger partial charge in [-0.05, 0) is 106 Å². The molecule has 0 aliphatic rings. The van der Waals surface area contributed by atoms with Gasteiger partial charge in [0.05, 0.1) is 55.9 Å². The van der Waals surface area contributed by atoms with Gasteiger partial charge in [0, 0.05) is 67.0 Å². The molecular formula is C70H44N6. The summed E-state index contributed by atoms with van der Waals surface area (Å²) < 4.78 is 0. The lowest BCUT2D eigenvalue weighted by atomic mass is 9.99. The Labute approximate surface area is 438 Å². The highest BCUT2D eigenvalue weighted by atomic mass is 14.7. The summed E-state index contributed by atoms with van der Waals surface area (Å²) in [6, 6.07) is 88.7. The van der Waals surface area contributed by atoms with E-state index in [4.69, 9.17) is 19.9 Å². The molecule has 15 aromatic rings. The van der Waals surface area contributed by atoms with Gasteiger partial charge in [0.15, 0.2) is 0 Å². The zero-order valence-electron chi connectivity index (χ0n) is 41.1. The van der Waals surface area contributed by atoms with Gasteiger partial charge in [0.1, 0.15) is 0 Å². The Balaban J connectivity index is 0.000000140. The molecule has 354 valence electrons. The molecule has 15 rings (SSSR count). The molecule has 0 aliphatic carbocycles. The minimum absolute atomic E-state index is 0.947. The van der Waals surface area contributed by atoms with Crippen molar-refractivity contribution < 1.29 is 0 Å². The third-order valence-corrected chi connectivity index (χ3v) is 14.4. The molecule has 9 aromatic carbocycles. The first-order chi connectivity index (χ1) is 37.6. The highest BCUT2D eigenvalue weighted by molar-refractivity contribution is 6.00. The van der Waals surface area contributed by atoms with Crippen molar-refractivity contribution in [2.24, 2.45) is 0 Å². The number of hydrogen-bond acceptors (Lipinski definition) is 6. The zero-order chi connectivity index (χ0) is 50.4. The van der Waals surface area contributed by atoms with Gasteiger partial charge in [-0.15, -0.1) is 0 Å². The molecule has 6 heteroatoms. The smallest absolute Gasteiger partial charge is 0.0716 e. The van der Waals surface area contributed by atoms with E-state index in [9.17, 15) is 0 Å². The Kier molecular flexibility index (Phi) is 11.1. The summed E-state index contributed by atoms with van der Waals surface area (Å²) in [5.74, 6) is 0. The molecule has 0 saturated heterocycles. The highest BCUT2D eigenvalue weighted by Gasteiger charge is 2.13. The topological polar surface area (TPSA) is 77.3 Å². The monoisotopic (exact) mass is 968 g/mol. The highest BCUT2D eigenvalue weighted by Crippen LogP contribution is 2.35. The van der Waals surface area contributed by atoms with Crippen molar-refractivity contribution in [3.05, 3.63) is 267 Å². The van der Waals surface area contributed by atoms with E-state index in [1.165, 1.54) is 10.8 Å². The summed E-state index contributed by atoms with van der Waals surface area (Å²) in [5.41, 5.74) is 18.7. The third kappa shape index (κ3) is 8.40. The van der Waals surface area contributed by atoms with Crippen LogP contribution in [0.25, 0.3) is 143 Å². The quantitative estimate of drug-likeness (QED) is 0.165. The average molecular weight is 969 g/mol. The summed E-state index contributed by atoms with van der Waals surface area (Å²) in [7, 11) is 0. The maximum Gasteiger partial charge on any atom is 0.0716 e. The molecule has 0 N–H and O–H groups in total. The average Bonchev–Trinajstić information content (AvgIpc) is 3.51. The van der Waals surface area contributed by atoms with Crippen LogP contribution in [0, 0.1) is 0 Å². The van der Waals surface area contributed by atoms with Crippen LogP contribution >= 0.6 is 0 Å². The second kappa shape index (κ2) is 19.0. The SMILES string of the molecule is c1ccc(-c2ccc3ccc(-c4ccc5ccc(-c6cccc7ncccc67)nc5c4)cc3n2)cc1.c1ccc2c(-c3ccc4ccc(-c5ccc6ccc(-c7cccc8ncccc78)nc6c5)cc4n3)cccc2c1. The van der Waals surface area contributed by atoms with Crippen molar-refractivity contribution >= 4 is 76.2 Å². The maximum atomic E-state index is 5.11. The van der Waals surface area contributed by atoms with Crippen molar-refractivity contribution in [2.75, 3.05) is 0 Å². The molecule has 0 spiro atoms. The van der Waals surface area contributed by atoms with Crippen molar-refractivity contribution in [2.45, 2.75) is 0 Å². The molecule has 0 bridgehead atoms. The number of aromatic nitrogens is 6. The van der Waals surface area contributed by atoms with Crippen molar-refractivity contribution in [3.8, 4) is 67.3 Å². The Morgan fingerprint density at radius 2 is 0.553 bits per heavy atom. The van der Waals surface area contributed by atoms with Gasteiger partial charge < -0.3 is 0 Å². The van der Waals surface area contributed by atoms with Gasteiger partial charge in [0.25, 0.3) is 0 Å². The molecule has 6 heterocycles. The van der Waals surface area contributed by atoms with Gasteiger partial charge in [-0.25, -0.2) is 19.9 Å². The molecule has 76 heavy (non-hydrogen) atoms. The molecule has 0 fully saturated rings. The van der Waals surface area contributed by atoms with Crippen LogP contribution < -0.4 is 0 Å². The second-order valence-corrected chi connectivity index (χ2v) is 19.1. The maximum absolute atomic E-state index is 5.11. The Hall–Kier alpha value is -10.3. The molecule has 6 aromatic heterocycles. The van der Waals surface area contributed by atoms with Crippen LogP contribution in [-0.4, -0.2) is 29.9 Å². The number of hydrogen-bond donors (Lipinski definition) is 0. The van der Waals surface area contributed by atoms with E-state index >= 15 is 0 Å². The van der Waals surface area contributed by atoms with E-state index in [1.807, 2.05) is 67.0 Å². The van der Waals surface area contributed by atoms with Crippen molar-refractivity contribution in [1.82, 2.24) is 29.9 Å². The third-order valence-electron chi connectivity index (χ3n) is 14.4. The summed E-state index contributed by atoms with van der Waals surface area (Å²) in [4.78, 5) is 29.2. The molecule has 0 atom stereocenters. The first-order valence-electron chi connectivity index (χ1n) is 25.5. The van der Waals surface area contributed by atoms with Crippen LogP contribution in [0.2, 0.25) is 0 Å². The fraction of sp³-hybridized carbons (Fsp3) is 0. The van der Waals surface area contributed by atoms with Crippen LogP contribution in [0.5, 0.6) is 0 Å². The van der Waals surface area contributed by atoms with Crippen LogP contribution in [0.15, 0.2) is 267 Å². The molecular weight excluding hydrogens is 925 g/mol. The van der Waals surface area contributed by atoms with Gasteiger partial charge in [0.2, 0.25) is 0 Å². The summed E-state index contributed by atoms with van der Waals surface area (Å²) >= 11 is 0. The van der Waals surface area contributed by atoms with Crippen LogP contribution in [0.4, 0.5) is 0 Å². The molecule has 0 radical (unpaired) electrons. The largest absolute Gasteiger partial charge is 0.256 e. The number of pyridine rings is 6. The Morgan fingerprint density at radius 3 is 1.03 bits per heavy atom. The Bertz CT molecular complexity index is 4550. The lowest BCUT2D eigenvalue weighted by Gasteiger charge is -2.10. The lowest BCUT2D eigenvalue weighted by molar-refractivity contribution is 1.38. The predicted molar refractivity (Wildman–Crippen MR) is 315 cm³/mol.